The summed E-state index contributed by atoms with van der Waals surface area (Å²) in [6.45, 7) is 3.77. The van der Waals surface area contributed by atoms with Crippen molar-refractivity contribution in [2.75, 3.05) is 5.32 Å². The molecular formula is C23H23NO2S. The Balaban J connectivity index is 1.51. The van der Waals surface area contributed by atoms with Crippen LogP contribution in [0.2, 0.25) is 0 Å². The van der Waals surface area contributed by atoms with Crippen LogP contribution in [-0.4, -0.2) is 12.0 Å². The van der Waals surface area contributed by atoms with Crippen LogP contribution in [0.1, 0.15) is 18.1 Å². The number of carbonyl (C=O) groups excluding carboxylic acids is 1. The smallest absolute Gasteiger partial charge is 0.265 e. The molecule has 0 radical (unpaired) electrons. The predicted octanol–water partition coefficient (Wildman–Crippen LogP) is 5.69. The van der Waals surface area contributed by atoms with E-state index in [1.807, 2.05) is 73.7 Å². The normalized spacial score (nSPS) is 11.6. The van der Waals surface area contributed by atoms with E-state index in [-0.39, 0.29) is 5.91 Å². The Hall–Kier alpha value is -2.72. The Morgan fingerprint density at radius 2 is 1.63 bits per heavy atom. The number of aryl methyl sites for hydroxylation is 1. The molecule has 4 heteroatoms. The van der Waals surface area contributed by atoms with Crippen LogP contribution < -0.4 is 10.1 Å². The van der Waals surface area contributed by atoms with E-state index in [1.54, 1.807) is 18.7 Å². The third kappa shape index (κ3) is 5.90. The second-order valence-corrected chi connectivity index (χ2v) is 7.41. The SMILES string of the molecule is Cc1ccc(O[C@@H](C)C(=O)Nc2ccc(CSc3ccccc3)cc2)cc1. The largest absolute Gasteiger partial charge is 0.481 e. The van der Waals surface area contributed by atoms with Crippen LogP contribution in [0.3, 0.4) is 0 Å². The number of thioether (sulfide) groups is 1. The summed E-state index contributed by atoms with van der Waals surface area (Å²) in [5.74, 6) is 1.42. The second kappa shape index (κ2) is 9.28. The Labute approximate surface area is 164 Å². The average Bonchev–Trinajstić information content (AvgIpc) is 2.70. The van der Waals surface area contributed by atoms with Crippen LogP contribution in [0.5, 0.6) is 5.75 Å². The molecule has 0 heterocycles. The maximum absolute atomic E-state index is 12.3. The molecule has 1 amide bonds. The van der Waals surface area contributed by atoms with Crippen LogP contribution in [0.15, 0.2) is 83.8 Å². The summed E-state index contributed by atoms with van der Waals surface area (Å²) in [5.41, 5.74) is 3.14. The molecule has 1 N–H and O–H groups in total. The van der Waals surface area contributed by atoms with Crippen molar-refractivity contribution in [3.63, 3.8) is 0 Å². The lowest BCUT2D eigenvalue weighted by Crippen LogP contribution is -2.30. The zero-order chi connectivity index (χ0) is 19.1. The van der Waals surface area contributed by atoms with E-state index in [0.717, 1.165) is 17.0 Å². The minimum Gasteiger partial charge on any atom is -0.481 e. The van der Waals surface area contributed by atoms with Gasteiger partial charge in [-0.3, -0.25) is 4.79 Å². The molecule has 0 bridgehead atoms. The van der Waals surface area contributed by atoms with Crippen LogP contribution in [0.25, 0.3) is 0 Å². The van der Waals surface area contributed by atoms with Crippen molar-refractivity contribution in [3.8, 4) is 5.75 Å². The van der Waals surface area contributed by atoms with E-state index in [4.69, 9.17) is 4.74 Å². The van der Waals surface area contributed by atoms with E-state index >= 15 is 0 Å². The highest BCUT2D eigenvalue weighted by molar-refractivity contribution is 7.98. The molecule has 1 atom stereocenters. The first-order valence-electron chi connectivity index (χ1n) is 8.91. The van der Waals surface area contributed by atoms with Gasteiger partial charge in [-0.15, -0.1) is 11.8 Å². The summed E-state index contributed by atoms with van der Waals surface area (Å²) in [4.78, 5) is 13.6. The van der Waals surface area contributed by atoms with Gasteiger partial charge in [0.25, 0.3) is 5.91 Å². The zero-order valence-corrected chi connectivity index (χ0v) is 16.3. The minimum absolute atomic E-state index is 0.165. The second-order valence-electron chi connectivity index (χ2n) is 6.36. The Morgan fingerprint density at radius 3 is 2.30 bits per heavy atom. The molecule has 0 unspecified atom stereocenters. The molecule has 138 valence electrons. The minimum atomic E-state index is -0.569. The highest BCUT2D eigenvalue weighted by Gasteiger charge is 2.14. The molecule has 27 heavy (non-hydrogen) atoms. The summed E-state index contributed by atoms with van der Waals surface area (Å²) in [5, 5.41) is 2.90. The van der Waals surface area contributed by atoms with Gasteiger partial charge in [0.15, 0.2) is 6.10 Å². The molecular weight excluding hydrogens is 354 g/mol. The number of amides is 1. The van der Waals surface area contributed by atoms with Gasteiger partial charge in [0.2, 0.25) is 0 Å². The molecule has 3 aromatic rings. The standard InChI is InChI=1S/C23H23NO2S/c1-17-8-14-21(15-9-17)26-18(2)23(25)24-20-12-10-19(11-13-20)16-27-22-6-4-3-5-7-22/h3-15,18H,16H2,1-2H3,(H,24,25)/t18-/m0/s1. The summed E-state index contributed by atoms with van der Waals surface area (Å²) < 4.78 is 5.70. The van der Waals surface area contributed by atoms with Gasteiger partial charge in [-0.25, -0.2) is 0 Å². The van der Waals surface area contributed by atoms with Gasteiger partial charge in [0.1, 0.15) is 5.75 Å². The lowest BCUT2D eigenvalue weighted by Gasteiger charge is -2.15. The topological polar surface area (TPSA) is 38.3 Å². The summed E-state index contributed by atoms with van der Waals surface area (Å²) in [6, 6.07) is 25.9. The first kappa shape index (κ1) is 19.1. The lowest BCUT2D eigenvalue weighted by molar-refractivity contribution is -0.122. The number of hydrogen-bond donors (Lipinski definition) is 1. The molecule has 0 aliphatic carbocycles. The van der Waals surface area contributed by atoms with E-state index in [0.29, 0.717) is 5.75 Å². The molecule has 0 saturated carbocycles. The first-order chi connectivity index (χ1) is 13.1. The van der Waals surface area contributed by atoms with Gasteiger partial charge in [-0.05, 0) is 55.8 Å². The van der Waals surface area contributed by atoms with Crippen molar-refractivity contribution in [2.45, 2.75) is 30.6 Å². The molecule has 3 nitrogen and oxygen atoms in total. The van der Waals surface area contributed by atoms with E-state index in [2.05, 4.69) is 17.4 Å². The fourth-order valence-corrected chi connectivity index (χ4v) is 3.36. The maximum Gasteiger partial charge on any atom is 0.265 e. The first-order valence-corrected chi connectivity index (χ1v) is 9.90. The third-order valence-electron chi connectivity index (χ3n) is 4.07. The monoisotopic (exact) mass is 377 g/mol. The number of ether oxygens (including phenoxy) is 1. The summed E-state index contributed by atoms with van der Waals surface area (Å²) >= 11 is 1.79. The molecule has 0 aliphatic heterocycles. The lowest BCUT2D eigenvalue weighted by atomic mass is 10.2. The highest BCUT2D eigenvalue weighted by atomic mass is 32.2. The van der Waals surface area contributed by atoms with Crippen LogP contribution in [0, 0.1) is 6.92 Å². The van der Waals surface area contributed by atoms with Gasteiger partial charge < -0.3 is 10.1 Å². The van der Waals surface area contributed by atoms with Crippen molar-refractivity contribution in [1.29, 1.82) is 0 Å². The van der Waals surface area contributed by atoms with Crippen LogP contribution >= 0.6 is 11.8 Å². The number of nitrogens with one attached hydrogen (secondary N) is 1. The summed E-state index contributed by atoms with van der Waals surface area (Å²) in [6.07, 6.45) is -0.569. The molecule has 3 rings (SSSR count). The number of hydrogen-bond acceptors (Lipinski definition) is 3. The van der Waals surface area contributed by atoms with Crippen molar-refractivity contribution in [3.05, 3.63) is 90.0 Å². The number of anilines is 1. The van der Waals surface area contributed by atoms with Gasteiger partial charge in [0, 0.05) is 16.3 Å². The fourth-order valence-electron chi connectivity index (χ4n) is 2.49. The molecule has 0 saturated heterocycles. The Bertz CT molecular complexity index is 861. The number of benzene rings is 3. The summed E-state index contributed by atoms with van der Waals surface area (Å²) in [7, 11) is 0. The Kier molecular flexibility index (Phi) is 6.55. The van der Waals surface area contributed by atoms with E-state index < -0.39 is 6.10 Å². The van der Waals surface area contributed by atoms with Gasteiger partial charge in [-0.1, -0.05) is 48.0 Å². The molecule has 0 aliphatic rings. The predicted molar refractivity (Wildman–Crippen MR) is 112 cm³/mol. The molecule has 0 spiro atoms. The quantitative estimate of drug-likeness (QED) is 0.537. The number of rotatable bonds is 7. The van der Waals surface area contributed by atoms with Gasteiger partial charge in [0.05, 0.1) is 0 Å². The highest BCUT2D eigenvalue weighted by Crippen LogP contribution is 2.23. The average molecular weight is 378 g/mol. The van der Waals surface area contributed by atoms with Crippen molar-refractivity contribution in [1.82, 2.24) is 0 Å². The van der Waals surface area contributed by atoms with E-state index in [1.165, 1.54) is 10.5 Å². The van der Waals surface area contributed by atoms with Gasteiger partial charge >= 0.3 is 0 Å². The molecule has 0 fully saturated rings. The fraction of sp³-hybridized carbons (Fsp3) is 0.174. The number of carbonyl (C=O) groups is 1. The molecule has 0 aromatic heterocycles. The van der Waals surface area contributed by atoms with Crippen molar-refractivity contribution >= 4 is 23.4 Å². The van der Waals surface area contributed by atoms with Crippen molar-refractivity contribution < 1.29 is 9.53 Å². The zero-order valence-electron chi connectivity index (χ0n) is 15.5. The Morgan fingerprint density at radius 1 is 0.963 bits per heavy atom. The van der Waals surface area contributed by atoms with Crippen LogP contribution in [0.4, 0.5) is 5.69 Å². The molecule has 3 aromatic carbocycles. The maximum atomic E-state index is 12.3. The van der Waals surface area contributed by atoms with Crippen LogP contribution in [-0.2, 0) is 10.5 Å². The third-order valence-corrected chi connectivity index (χ3v) is 5.16. The van der Waals surface area contributed by atoms with Crippen molar-refractivity contribution in [2.24, 2.45) is 0 Å². The van der Waals surface area contributed by atoms with E-state index in [9.17, 15) is 4.79 Å². The van der Waals surface area contributed by atoms with Gasteiger partial charge in [-0.2, -0.15) is 0 Å².